The van der Waals surface area contributed by atoms with Gasteiger partial charge in [-0.15, -0.1) is 0 Å². The average Bonchev–Trinajstić information content (AvgIpc) is 2.58. The summed E-state index contributed by atoms with van der Waals surface area (Å²) in [6.45, 7) is 0. The molecule has 0 N–H and O–H groups in total. The Hall–Kier alpha value is -2.69. The lowest BCUT2D eigenvalue weighted by Crippen LogP contribution is -2.58. The third-order valence-corrected chi connectivity index (χ3v) is 4.06. The Labute approximate surface area is 137 Å². The van der Waals surface area contributed by atoms with E-state index in [1.54, 1.807) is 48.4 Å². The molecule has 7 heteroatoms. The molecule has 0 aromatic heterocycles. The third-order valence-electron chi connectivity index (χ3n) is 3.81. The molecule has 1 aliphatic heterocycles. The number of azide groups is 1. The summed E-state index contributed by atoms with van der Waals surface area (Å²) in [5.41, 5.74) is 10.3. The number of rotatable bonds is 4. The number of hydrogen-bond acceptors (Lipinski definition) is 3. The molecule has 0 saturated carbocycles. The van der Waals surface area contributed by atoms with Crippen molar-refractivity contribution >= 4 is 23.2 Å². The summed E-state index contributed by atoms with van der Waals surface area (Å²) in [6.07, 6.45) is 0. The molecule has 23 heavy (non-hydrogen) atoms. The molecule has 2 aromatic rings. The van der Waals surface area contributed by atoms with Crippen LogP contribution in [0.2, 0.25) is 5.02 Å². The van der Waals surface area contributed by atoms with Crippen LogP contribution in [0.5, 0.6) is 5.75 Å². The number of ether oxygens (including phenoxy) is 1. The zero-order chi connectivity index (χ0) is 16.4. The quantitative estimate of drug-likeness (QED) is 0.366. The zero-order valence-electron chi connectivity index (χ0n) is 12.3. The van der Waals surface area contributed by atoms with Crippen LogP contribution in [0.3, 0.4) is 0 Å². The van der Waals surface area contributed by atoms with Crippen LogP contribution in [-0.2, 0) is 4.79 Å². The number of anilines is 1. The molecule has 1 fully saturated rings. The van der Waals surface area contributed by atoms with E-state index in [-0.39, 0.29) is 11.9 Å². The van der Waals surface area contributed by atoms with Gasteiger partial charge in [0.25, 0.3) is 0 Å². The lowest BCUT2D eigenvalue weighted by molar-refractivity contribution is -0.126. The van der Waals surface area contributed by atoms with Gasteiger partial charge >= 0.3 is 0 Å². The number of amides is 1. The maximum absolute atomic E-state index is 12.4. The molecule has 1 heterocycles. The van der Waals surface area contributed by atoms with E-state index in [9.17, 15) is 4.79 Å². The summed E-state index contributed by atoms with van der Waals surface area (Å²) in [6, 6.07) is 13.2. The summed E-state index contributed by atoms with van der Waals surface area (Å²) >= 11 is 5.91. The predicted molar refractivity (Wildman–Crippen MR) is 87.6 cm³/mol. The molecule has 116 valence electrons. The fourth-order valence-corrected chi connectivity index (χ4v) is 2.79. The zero-order valence-corrected chi connectivity index (χ0v) is 13.0. The van der Waals surface area contributed by atoms with Gasteiger partial charge in [0.2, 0.25) is 5.91 Å². The smallest absolute Gasteiger partial charge is 0.239 e. The lowest BCUT2D eigenvalue weighted by atomic mass is 9.88. The number of β-lactam (4-membered cyclic amide) rings is 1. The van der Waals surface area contributed by atoms with Gasteiger partial charge < -0.3 is 9.64 Å². The summed E-state index contributed by atoms with van der Waals surface area (Å²) in [7, 11) is 1.58. The minimum atomic E-state index is -0.747. The molecule has 0 spiro atoms. The number of nitrogens with zero attached hydrogens (tertiary/aromatic N) is 4. The van der Waals surface area contributed by atoms with Crippen molar-refractivity contribution in [1.29, 1.82) is 0 Å². The van der Waals surface area contributed by atoms with Gasteiger partial charge in [0.05, 0.1) is 13.2 Å². The van der Waals surface area contributed by atoms with Crippen LogP contribution in [-0.4, -0.2) is 19.1 Å². The largest absolute Gasteiger partial charge is 0.497 e. The molecule has 1 amide bonds. The second-order valence-corrected chi connectivity index (χ2v) is 5.49. The monoisotopic (exact) mass is 328 g/mol. The Morgan fingerprint density at radius 1 is 1.17 bits per heavy atom. The Balaban J connectivity index is 1.98. The van der Waals surface area contributed by atoms with Crippen LogP contribution in [0.4, 0.5) is 5.69 Å². The molecule has 1 saturated heterocycles. The average molecular weight is 329 g/mol. The van der Waals surface area contributed by atoms with E-state index in [1.807, 2.05) is 12.1 Å². The van der Waals surface area contributed by atoms with Crippen LogP contribution in [0.15, 0.2) is 53.6 Å². The van der Waals surface area contributed by atoms with E-state index >= 15 is 0 Å². The van der Waals surface area contributed by atoms with Crippen molar-refractivity contribution in [2.45, 2.75) is 12.1 Å². The highest BCUT2D eigenvalue weighted by Gasteiger charge is 2.48. The summed E-state index contributed by atoms with van der Waals surface area (Å²) < 4.78 is 5.13. The van der Waals surface area contributed by atoms with Crippen molar-refractivity contribution in [1.82, 2.24) is 0 Å². The number of benzene rings is 2. The number of hydrogen-bond donors (Lipinski definition) is 0. The first-order valence-electron chi connectivity index (χ1n) is 6.92. The molecule has 1 aliphatic rings. The maximum atomic E-state index is 12.4. The number of methoxy groups -OCH3 is 1. The number of halogens is 1. The highest BCUT2D eigenvalue weighted by molar-refractivity contribution is 6.30. The van der Waals surface area contributed by atoms with Gasteiger partial charge in [0, 0.05) is 15.6 Å². The molecule has 2 unspecified atom stereocenters. The van der Waals surface area contributed by atoms with Crippen molar-refractivity contribution < 1.29 is 9.53 Å². The molecular formula is C16H13ClN4O2. The predicted octanol–water partition coefficient (Wildman–Crippen LogP) is 4.12. The van der Waals surface area contributed by atoms with E-state index in [0.29, 0.717) is 10.8 Å². The van der Waals surface area contributed by atoms with Crippen molar-refractivity contribution in [2.24, 2.45) is 5.11 Å². The molecule has 2 aromatic carbocycles. The number of carbonyl (C=O) groups is 1. The normalized spacial score (nSPS) is 19.7. The highest BCUT2D eigenvalue weighted by atomic mass is 35.5. The van der Waals surface area contributed by atoms with E-state index in [0.717, 1.165) is 11.3 Å². The van der Waals surface area contributed by atoms with Gasteiger partial charge in [-0.05, 0) is 47.5 Å². The van der Waals surface area contributed by atoms with Crippen LogP contribution in [0.25, 0.3) is 10.4 Å². The van der Waals surface area contributed by atoms with Crippen molar-refractivity contribution in [3.63, 3.8) is 0 Å². The first-order chi connectivity index (χ1) is 11.2. The minimum absolute atomic E-state index is 0.229. The second-order valence-electron chi connectivity index (χ2n) is 5.05. The van der Waals surface area contributed by atoms with E-state index in [4.69, 9.17) is 21.9 Å². The molecule has 3 rings (SSSR count). The lowest BCUT2D eigenvalue weighted by Gasteiger charge is -2.45. The fourth-order valence-electron chi connectivity index (χ4n) is 2.66. The minimum Gasteiger partial charge on any atom is -0.497 e. The van der Waals surface area contributed by atoms with E-state index < -0.39 is 6.04 Å². The second kappa shape index (κ2) is 6.20. The van der Waals surface area contributed by atoms with Crippen molar-refractivity contribution in [2.75, 3.05) is 12.0 Å². The summed E-state index contributed by atoms with van der Waals surface area (Å²) in [4.78, 5) is 16.8. The van der Waals surface area contributed by atoms with Gasteiger partial charge in [-0.25, -0.2) is 0 Å². The van der Waals surface area contributed by atoms with Gasteiger partial charge in [0.15, 0.2) is 0 Å². The third kappa shape index (κ3) is 2.70. The first kappa shape index (κ1) is 15.2. The molecule has 0 aliphatic carbocycles. The molecule has 0 bridgehead atoms. The molecule has 0 radical (unpaired) electrons. The molecular weight excluding hydrogens is 316 g/mol. The van der Waals surface area contributed by atoms with Crippen molar-refractivity contribution in [3.8, 4) is 5.75 Å². The summed E-state index contributed by atoms with van der Waals surface area (Å²) in [5.74, 6) is 0.476. The number of carbonyl (C=O) groups excluding carboxylic acids is 1. The van der Waals surface area contributed by atoms with Crippen LogP contribution < -0.4 is 9.64 Å². The van der Waals surface area contributed by atoms with E-state index in [2.05, 4.69) is 10.0 Å². The Bertz CT molecular complexity index is 770. The maximum Gasteiger partial charge on any atom is 0.239 e. The summed E-state index contributed by atoms with van der Waals surface area (Å²) in [5, 5.41) is 4.24. The molecule has 6 nitrogen and oxygen atoms in total. The standard InChI is InChI=1S/C16H13ClN4O2/c1-23-13-8-6-12(7-9-13)21-15(14(16(21)22)19-20-18)10-2-4-11(17)5-3-10/h2-9,14-15H,1H3. The van der Waals surface area contributed by atoms with Crippen LogP contribution in [0, 0.1) is 0 Å². The van der Waals surface area contributed by atoms with Crippen LogP contribution >= 0.6 is 11.6 Å². The van der Waals surface area contributed by atoms with Gasteiger partial charge in [0.1, 0.15) is 11.8 Å². The Morgan fingerprint density at radius 3 is 2.39 bits per heavy atom. The Morgan fingerprint density at radius 2 is 1.83 bits per heavy atom. The fraction of sp³-hybridized carbons (Fsp3) is 0.188. The Kier molecular flexibility index (Phi) is 4.10. The topological polar surface area (TPSA) is 78.3 Å². The van der Waals surface area contributed by atoms with E-state index in [1.165, 1.54) is 0 Å². The van der Waals surface area contributed by atoms with Crippen LogP contribution in [0.1, 0.15) is 11.6 Å². The van der Waals surface area contributed by atoms with Gasteiger partial charge in [-0.2, -0.15) is 0 Å². The van der Waals surface area contributed by atoms with Crippen molar-refractivity contribution in [3.05, 3.63) is 69.6 Å². The van der Waals surface area contributed by atoms with Gasteiger partial charge in [-0.3, -0.25) is 4.79 Å². The molecule has 2 atom stereocenters. The SMILES string of the molecule is COc1ccc(N2C(=O)C(N=[N+]=[N-])C2c2ccc(Cl)cc2)cc1. The first-order valence-corrected chi connectivity index (χ1v) is 7.30. The highest BCUT2D eigenvalue weighted by Crippen LogP contribution is 2.41. The van der Waals surface area contributed by atoms with Gasteiger partial charge in [-0.1, -0.05) is 28.8 Å².